The molecule has 0 saturated heterocycles. The third-order valence-electron chi connectivity index (χ3n) is 5.56. The number of unbranched alkanes of at least 4 members (excludes halogenated alkanes) is 1. The van der Waals surface area contributed by atoms with Crippen molar-refractivity contribution in [2.75, 3.05) is 19.6 Å². The Kier molecular flexibility index (Phi) is 11.5. The molecule has 0 aliphatic carbocycles. The van der Waals surface area contributed by atoms with Gasteiger partial charge in [0.2, 0.25) is 6.41 Å². The molecule has 2 unspecified atom stereocenters. The molecule has 0 spiro atoms. The smallest absolute Gasteiger partial charge is 0.317 e. The second-order valence-corrected chi connectivity index (χ2v) is 8.98. The highest BCUT2D eigenvalue weighted by atomic mass is 16.3. The van der Waals surface area contributed by atoms with E-state index in [0.717, 1.165) is 30.4 Å². The largest absolute Gasteiger partial charge is 0.389 e. The van der Waals surface area contributed by atoms with E-state index in [0.29, 0.717) is 26.1 Å². The molecule has 2 rings (SSSR count). The topological polar surface area (TPSA) is 72.9 Å². The second kappa shape index (κ2) is 14.3. The molecule has 6 heteroatoms. The predicted molar refractivity (Wildman–Crippen MR) is 133 cm³/mol. The maximum atomic E-state index is 13.2. The molecule has 0 saturated carbocycles. The van der Waals surface area contributed by atoms with E-state index in [1.165, 1.54) is 0 Å². The summed E-state index contributed by atoms with van der Waals surface area (Å²) in [6.07, 6.45) is 2.28. The molecule has 6 nitrogen and oxygen atoms in total. The van der Waals surface area contributed by atoms with Gasteiger partial charge < -0.3 is 20.2 Å². The van der Waals surface area contributed by atoms with E-state index in [2.05, 4.69) is 26.1 Å². The Bertz CT molecular complexity index is 814. The highest BCUT2D eigenvalue weighted by Crippen LogP contribution is 2.17. The minimum absolute atomic E-state index is 0.146. The molecule has 0 radical (unpaired) electrons. The standard InChI is InChI=1S/C27H39N3O3/c1-4-5-16-28-27(33)30(18-22(2)3)25(17-23-12-8-6-9-13-23)26(32)20-29(21-31)19-24-14-10-7-11-15-24/h6-15,21-22,25-26,32H,4-5,16-20H2,1-3H3,(H,28,33). The fourth-order valence-electron chi connectivity index (χ4n) is 3.87. The first-order valence-corrected chi connectivity index (χ1v) is 11.9. The molecule has 33 heavy (non-hydrogen) atoms. The van der Waals surface area contributed by atoms with Crippen LogP contribution in [0.3, 0.4) is 0 Å². The van der Waals surface area contributed by atoms with Crippen LogP contribution in [-0.4, -0.2) is 59.1 Å². The molecule has 3 amide bonds. The number of amides is 3. The number of hydrogen-bond acceptors (Lipinski definition) is 3. The number of urea groups is 1. The van der Waals surface area contributed by atoms with Crippen LogP contribution in [0.25, 0.3) is 0 Å². The summed E-state index contributed by atoms with van der Waals surface area (Å²) in [6, 6.07) is 18.9. The average molecular weight is 454 g/mol. The predicted octanol–water partition coefficient (Wildman–Crippen LogP) is 4.08. The van der Waals surface area contributed by atoms with Gasteiger partial charge in [0.15, 0.2) is 0 Å². The Hall–Kier alpha value is -2.86. The summed E-state index contributed by atoms with van der Waals surface area (Å²) in [6.45, 7) is 7.88. The van der Waals surface area contributed by atoms with Crippen LogP contribution in [0.1, 0.15) is 44.7 Å². The molecule has 0 bridgehead atoms. The maximum absolute atomic E-state index is 13.2. The Morgan fingerprint density at radius 1 is 1.00 bits per heavy atom. The summed E-state index contributed by atoms with van der Waals surface area (Å²) in [5, 5.41) is 14.3. The molecule has 0 heterocycles. The van der Waals surface area contributed by atoms with Gasteiger partial charge in [-0.05, 0) is 29.9 Å². The van der Waals surface area contributed by atoms with Crippen molar-refractivity contribution in [1.29, 1.82) is 0 Å². The third kappa shape index (κ3) is 9.26. The zero-order chi connectivity index (χ0) is 24.1. The lowest BCUT2D eigenvalue weighted by Crippen LogP contribution is -2.55. The van der Waals surface area contributed by atoms with Gasteiger partial charge in [-0.1, -0.05) is 87.9 Å². The number of aliphatic hydroxyl groups excluding tert-OH is 1. The van der Waals surface area contributed by atoms with E-state index in [1.807, 2.05) is 60.7 Å². The summed E-state index contributed by atoms with van der Waals surface area (Å²) in [5.41, 5.74) is 2.03. The summed E-state index contributed by atoms with van der Waals surface area (Å²) in [4.78, 5) is 28.3. The zero-order valence-electron chi connectivity index (χ0n) is 20.2. The van der Waals surface area contributed by atoms with Gasteiger partial charge in [-0.15, -0.1) is 0 Å². The molecular formula is C27H39N3O3. The van der Waals surface area contributed by atoms with Gasteiger partial charge in [0.25, 0.3) is 0 Å². The van der Waals surface area contributed by atoms with Gasteiger partial charge in [-0.2, -0.15) is 0 Å². The molecule has 0 aliphatic heterocycles. The first kappa shape index (κ1) is 26.4. The van der Waals surface area contributed by atoms with Crippen molar-refractivity contribution in [2.45, 2.75) is 58.7 Å². The number of nitrogens with zero attached hydrogens (tertiary/aromatic N) is 2. The van der Waals surface area contributed by atoms with Crippen molar-refractivity contribution in [3.63, 3.8) is 0 Å². The van der Waals surface area contributed by atoms with Gasteiger partial charge in [-0.3, -0.25) is 4.79 Å². The molecule has 2 atom stereocenters. The van der Waals surface area contributed by atoms with Crippen molar-refractivity contribution in [1.82, 2.24) is 15.1 Å². The Labute approximate surface area is 198 Å². The molecule has 0 aromatic heterocycles. The van der Waals surface area contributed by atoms with E-state index < -0.39 is 12.1 Å². The molecule has 2 aromatic carbocycles. The van der Waals surface area contributed by atoms with E-state index in [4.69, 9.17) is 0 Å². The number of aliphatic hydroxyl groups is 1. The van der Waals surface area contributed by atoms with Gasteiger partial charge in [-0.25, -0.2) is 4.79 Å². The van der Waals surface area contributed by atoms with Crippen LogP contribution in [0.2, 0.25) is 0 Å². The molecular weight excluding hydrogens is 414 g/mol. The lowest BCUT2D eigenvalue weighted by atomic mass is 9.98. The zero-order valence-corrected chi connectivity index (χ0v) is 20.2. The van der Waals surface area contributed by atoms with Crippen LogP contribution in [0.4, 0.5) is 4.79 Å². The quantitative estimate of drug-likeness (QED) is 0.334. The lowest BCUT2D eigenvalue weighted by Gasteiger charge is -2.37. The number of carbonyl (C=O) groups excluding carboxylic acids is 2. The number of carbonyl (C=O) groups is 2. The molecule has 0 aliphatic rings. The fraction of sp³-hybridized carbons (Fsp3) is 0.481. The number of rotatable bonds is 14. The maximum Gasteiger partial charge on any atom is 0.317 e. The normalized spacial score (nSPS) is 12.8. The SMILES string of the molecule is CCCCNC(=O)N(CC(C)C)C(Cc1ccccc1)C(O)CN(C=O)Cc1ccccc1. The Balaban J connectivity index is 2.24. The van der Waals surface area contributed by atoms with Crippen molar-refractivity contribution in [3.8, 4) is 0 Å². The molecule has 2 aromatic rings. The number of hydrogen-bond donors (Lipinski definition) is 2. The highest BCUT2D eigenvalue weighted by Gasteiger charge is 2.31. The van der Waals surface area contributed by atoms with Crippen molar-refractivity contribution < 1.29 is 14.7 Å². The van der Waals surface area contributed by atoms with Crippen molar-refractivity contribution in [2.24, 2.45) is 5.92 Å². The molecule has 2 N–H and O–H groups in total. The second-order valence-electron chi connectivity index (χ2n) is 8.98. The summed E-state index contributed by atoms with van der Waals surface area (Å²) >= 11 is 0. The lowest BCUT2D eigenvalue weighted by molar-refractivity contribution is -0.120. The molecule has 180 valence electrons. The fourth-order valence-corrected chi connectivity index (χ4v) is 3.87. The first-order valence-electron chi connectivity index (χ1n) is 11.9. The monoisotopic (exact) mass is 453 g/mol. The van der Waals surface area contributed by atoms with Crippen LogP contribution in [0, 0.1) is 5.92 Å². The average Bonchev–Trinajstić information content (AvgIpc) is 2.82. The molecule has 0 fully saturated rings. The van der Waals surface area contributed by atoms with E-state index in [1.54, 1.807) is 9.80 Å². The summed E-state index contributed by atoms with van der Waals surface area (Å²) in [5.74, 6) is 0.235. The minimum Gasteiger partial charge on any atom is -0.389 e. The van der Waals surface area contributed by atoms with Crippen LogP contribution in [0.15, 0.2) is 60.7 Å². The van der Waals surface area contributed by atoms with Gasteiger partial charge >= 0.3 is 6.03 Å². The van der Waals surface area contributed by atoms with E-state index in [-0.39, 0.29) is 18.5 Å². The Morgan fingerprint density at radius 3 is 2.15 bits per heavy atom. The van der Waals surface area contributed by atoms with E-state index in [9.17, 15) is 14.7 Å². The summed E-state index contributed by atoms with van der Waals surface area (Å²) < 4.78 is 0. The van der Waals surface area contributed by atoms with Gasteiger partial charge in [0.05, 0.1) is 12.1 Å². The van der Waals surface area contributed by atoms with Gasteiger partial charge in [0.1, 0.15) is 0 Å². The van der Waals surface area contributed by atoms with Crippen LogP contribution in [0.5, 0.6) is 0 Å². The minimum atomic E-state index is -0.894. The highest BCUT2D eigenvalue weighted by molar-refractivity contribution is 5.74. The summed E-state index contributed by atoms with van der Waals surface area (Å²) in [7, 11) is 0. The van der Waals surface area contributed by atoms with Crippen LogP contribution in [-0.2, 0) is 17.8 Å². The van der Waals surface area contributed by atoms with Crippen molar-refractivity contribution in [3.05, 3.63) is 71.8 Å². The first-order chi connectivity index (χ1) is 15.9. The number of nitrogens with one attached hydrogen (secondary N) is 1. The van der Waals surface area contributed by atoms with E-state index >= 15 is 0 Å². The van der Waals surface area contributed by atoms with Crippen LogP contribution >= 0.6 is 0 Å². The van der Waals surface area contributed by atoms with Crippen molar-refractivity contribution >= 4 is 12.4 Å². The Morgan fingerprint density at radius 2 is 1.61 bits per heavy atom. The van der Waals surface area contributed by atoms with Crippen LogP contribution < -0.4 is 5.32 Å². The third-order valence-corrected chi connectivity index (χ3v) is 5.56. The number of benzene rings is 2. The van der Waals surface area contributed by atoms with Gasteiger partial charge in [0, 0.05) is 26.2 Å².